The number of furan rings is 1. The molecule has 1 amide bonds. The molecule has 2 unspecified atom stereocenters. The molecule has 9 heteroatoms. The SMILES string of the molecule is CCNC(=NCC(O)c1ccco1)NC1CCCN(C(=O)OC(C)(C)C)C1.I. The number of aliphatic imine (C=N–C) groups is 1. The molecule has 1 aromatic heterocycles. The summed E-state index contributed by atoms with van der Waals surface area (Å²) in [6.07, 6.45) is 2.28. The second-order valence-corrected chi connectivity index (χ2v) is 7.66. The van der Waals surface area contributed by atoms with E-state index < -0.39 is 11.7 Å². The van der Waals surface area contributed by atoms with Gasteiger partial charge in [0, 0.05) is 25.7 Å². The van der Waals surface area contributed by atoms with Gasteiger partial charge in [0.2, 0.25) is 0 Å². The lowest BCUT2D eigenvalue weighted by molar-refractivity contribution is 0.0193. The Bertz CT molecular complexity index is 616. The van der Waals surface area contributed by atoms with Crippen molar-refractivity contribution < 1.29 is 19.1 Å². The third-order valence-corrected chi connectivity index (χ3v) is 4.05. The van der Waals surface area contributed by atoms with E-state index in [1.807, 2.05) is 27.7 Å². The number of aliphatic hydroxyl groups is 1. The molecule has 0 bridgehead atoms. The van der Waals surface area contributed by atoms with Gasteiger partial charge in [0.25, 0.3) is 0 Å². The van der Waals surface area contributed by atoms with E-state index in [2.05, 4.69) is 15.6 Å². The quantitative estimate of drug-likeness (QED) is 0.322. The molecule has 28 heavy (non-hydrogen) atoms. The summed E-state index contributed by atoms with van der Waals surface area (Å²) < 4.78 is 10.7. The van der Waals surface area contributed by atoms with Crippen molar-refractivity contribution in [3.8, 4) is 0 Å². The molecule has 0 radical (unpaired) electrons. The predicted molar refractivity (Wildman–Crippen MR) is 119 cm³/mol. The Morgan fingerprint density at radius 1 is 1.50 bits per heavy atom. The maximum atomic E-state index is 12.3. The topological polar surface area (TPSA) is 99.3 Å². The summed E-state index contributed by atoms with van der Waals surface area (Å²) in [4.78, 5) is 18.5. The number of aliphatic hydroxyl groups excluding tert-OH is 1. The van der Waals surface area contributed by atoms with E-state index in [9.17, 15) is 9.90 Å². The molecule has 3 N–H and O–H groups in total. The van der Waals surface area contributed by atoms with E-state index in [1.165, 1.54) is 6.26 Å². The zero-order valence-corrected chi connectivity index (χ0v) is 19.4. The molecule has 1 aromatic rings. The molecule has 2 heterocycles. The fourth-order valence-corrected chi connectivity index (χ4v) is 2.85. The van der Waals surface area contributed by atoms with Crippen molar-refractivity contribution in [1.82, 2.24) is 15.5 Å². The fourth-order valence-electron chi connectivity index (χ4n) is 2.85. The van der Waals surface area contributed by atoms with Crippen LogP contribution in [-0.4, -0.2) is 59.9 Å². The number of piperidine rings is 1. The van der Waals surface area contributed by atoms with Crippen LogP contribution in [0.4, 0.5) is 4.79 Å². The van der Waals surface area contributed by atoms with Crippen LogP contribution in [0.3, 0.4) is 0 Å². The summed E-state index contributed by atoms with van der Waals surface area (Å²) in [6, 6.07) is 3.53. The zero-order chi connectivity index (χ0) is 19.9. The average molecular weight is 508 g/mol. The van der Waals surface area contributed by atoms with Crippen LogP contribution in [0.15, 0.2) is 27.8 Å². The number of halogens is 1. The minimum Gasteiger partial charge on any atom is -0.467 e. The number of hydrogen-bond donors (Lipinski definition) is 3. The molecule has 1 fully saturated rings. The van der Waals surface area contributed by atoms with Gasteiger partial charge in [-0.3, -0.25) is 4.99 Å². The summed E-state index contributed by atoms with van der Waals surface area (Å²) >= 11 is 0. The van der Waals surface area contributed by atoms with Crippen molar-refractivity contribution in [1.29, 1.82) is 0 Å². The molecule has 8 nitrogen and oxygen atoms in total. The van der Waals surface area contributed by atoms with Crippen LogP contribution in [0.2, 0.25) is 0 Å². The van der Waals surface area contributed by atoms with Gasteiger partial charge in [-0.2, -0.15) is 0 Å². The molecule has 0 saturated carbocycles. The number of rotatable bonds is 5. The maximum absolute atomic E-state index is 12.3. The largest absolute Gasteiger partial charge is 0.467 e. The highest BCUT2D eigenvalue weighted by molar-refractivity contribution is 14.0. The number of carbonyl (C=O) groups is 1. The zero-order valence-electron chi connectivity index (χ0n) is 17.1. The molecule has 0 aliphatic carbocycles. The molecule has 1 saturated heterocycles. The van der Waals surface area contributed by atoms with Crippen LogP contribution in [-0.2, 0) is 4.74 Å². The monoisotopic (exact) mass is 508 g/mol. The lowest BCUT2D eigenvalue weighted by Gasteiger charge is -2.35. The summed E-state index contributed by atoms with van der Waals surface area (Å²) in [5.41, 5.74) is -0.504. The minimum absolute atomic E-state index is 0. The Morgan fingerprint density at radius 3 is 2.86 bits per heavy atom. The average Bonchev–Trinajstić information content (AvgIpc) is 3.13. The highest BCUT2D eigenvalue weighted by Crippen LogP contribution is 2.16. The van der Waals surface area contributed by atoms with Gasteiger partial charge >= 0.3 is 6.09 Å². The summed E-state index contributed by atoms with van der Waals surface area (Å²) in [7, 11) is 0. The molecule has 160 valence electrons. The molecule has 0 aromatic carbocycles. The Kier molecular flexibility index (Phi) is 10.1. The standard InChI is InChI=1S/C19H32N4O4.HI/c1-5-20-17(21-12-15(24)16-9-7-11-26-16)22-14-8-6-10-23(13-14)18(25)27-19(2,3)4;/h7,9,11,14-15,24H,5-6,8,10,12-13H2,1-4H3,(H2,20,21,22);1H. The van der Waals surface area contributed by atoms with E-state index >= 15 is 0 Å². The Labute approximate surface area is 184 Å². The Morgan fingerprint density at radius 2 is 2.25 bits per heavy atom. The lowest BCUT2D eigenvalue weighted by atomic mass is 10.1. The molecular formula is C19H33IN4O4. The molecule has 2 rings (SSSR count). The second kappa shape index (κ2) is 11.5. The number of likely N-dealkylation sites (tertiary alicyclic amines) is 1. The van der Waals surface area contributed by atoms with Gasteiger partial charge in [-0.05, 0) is 52.7 Å². The van der Waals surface area contributed by atoms with Crippen LogP contribution >= 0.6 is 24.0 Å². The number of guanidine groups is 1. The number of nitrogens with one attached hydrogen (secondary N) is 2. The number of hydrogen-bond acceptors (Lipinski definition) is 5. The third kappa shape index (κ3) is 8.26. The number of nitrogens with zero attached hydrogens (tertiary/aromatic N) is 2. The van der Waals surface area contributed by atoms with Gasteiger partial charge in [0.15, 0.2) is 5.96 Å². The van der Waals surface area contributed by atoms with Gasteiger partial charge in [-0.25, -0.2) is 4.79 Å². The first-order chi connectivity index (χ1) is 12.8. The van der Waals surface area contributed by atoms with Crippen molar-refractivity contribution in [3.63, 3.8) is 0 Å². The van der Waals surface area contributed by atoms with Crippen LogP contribution < -0.4 is 10.6 Å². The lowest BCUT2D eigenvalue weighted by Crippen LogP contribution is -2.53. The van der Waals surface area contributed by atoms with Gasteiger partial charge in [-0.15, -0.1) is 24.0 Å². The smallest absolute Gasteiger partial charge is 0.410 e. The van der Waals surface area contributed by atoms with E-state index in [4.69, 9.17) is 9.15 Å². The van der Waals surface area contributed by atoms with Gasteiger partial charge in [-0.1, -0.05) is 0 Å². The highest BCUT2D eigenvalue weighted by atomic mass is 127. The predicted octanol–water partition coefficient (Wildman–Crippen LogP) is 2.89. The summed E-state index contributed by atoms with van der Waals surface area (Å²) in [6.45, 7) is 9.71. The van der Waals surface area contributed by atoms with E-state index in [0.717, 1.165) is 12.8 Å². The molecule has 1 aliphatic heterocycles. The molecule has 1 aliphatic rings. The fraction of sp³-hybridized carbons (Fsp3) is 0.684. The van der Waals surface area contributed by atoms with Crippen LogP contribution in [0.5, 0.6) is 0 Å². The third-order valence-electron chi connectivity index (χ3n) is 4.05. The first-order valence-electron chi connectivity index (χ1n) is 9.52. The van der Waals surface area contributed by atoms with Crippen LogP contribution in [0, 0.1) is 0 Å². The van der Waals surface area contributed by atoms with Crippen LogP contribution in [0.1, 0.15) is 52.4 Å². The first-order valence-corrected chi connectivity index (χ1v) is 9.52. The number of carbonyl (C=O) groups excluding carboxylic acids is 1. The van der Waals surface area contributed by atoms with Gasteiger partial charge in [0.1, 0.15) is 17.5 Å². The number of ether oxygens (including phenoxy) is 1. The van der Waals surface area contributed by atoms with Crippen molar-refractivity contribution >= 4 is 36.0 Å². The van der Waals surface area contributed by atoms with E-state index in [0.29, 0.717) is 31.4 Å². The van der Waals surface area contributed by atoms with Crippen molar-refractivity contribution in [3.05, 3.63) is 24.2 Å². The second-order valence-electron chi connectivity index (χ2n) is 7.66. The summed E-state index contributed by atoms with van der Waals surface area (Å²) in [5.74, 6) is 1.10. The molecule has 2 atom stereocenters. The van der Waals surface area contributed by atoms with Crippen LogP contribution in [0.25, 0.3) is 0 Å². The van der Waals surface area contributed by atoms with Gasteiger partial charge < -0.3 is 29.8 Å². The summed E-state index contributed by atoms with van der Waals surface area (Å²) in [5, 5.41) is 16.7. The Hall–Kier alpha value is -1.49. The maximum Gasteiger partial charge on any atom is 0.410 e. The van der Waals surface area contributed by atoms with E-state index in [1.54, 1.807) is 17.0 Å². The first kappa shape index (κ1) is 24.5. The normalized spacial score (nSPS) is 18.8. The van der Waals surface area contributed by atoms with E-state index in [-0.39, 0.29) is 42.7 Å². The molecular weight excluding hydrogens is 475 g/mol. The Balaban J connectivity index is 0.00000392. The van der Waals surface area contributed by atoms with Gasteiger partial charge in [0.05, 0.1) is 12.8 Å². The van der Waals surface area contributed by atoms with Crippen molar-refractivity contribution in [2.24, 2.45) is 4.99 Å². The number of amides is 1. The van der Waals surface area contributed by atoms with Crippen molar-refractivity contribution in [2.75, 3.05) is 26.2 Å². The van der Waals surface area contributed by atoms with Crippen molar-refractivity contribution in [2.45, 2.75) is 58.3 Å². The minimum atomic E-state index is -0.792. The molecule has 0 spiro atoms. The highest BCUT2D eigenvalue weighted by Gasteiger charge is 2.28.